The van der Waals surface area contributed by atoms with Gasteiger partial charge in [0.15, 0.2) is 0 Å². The number of ether oxygens (including phenoxy) is 1. The maximum atomic E-state index is 12.0. The monoisotopic (exact) mass is 283 g/mol. The van der Waals surface area contributed by atoms with E-state index in [0.717, 1.165) is 13.1 Å². The first-order valence-electron chi connectivity index (χ1n) is 8.13. The fourth-order valence-electron chi connectivity index (χ4n) is 3.08. The van der Waals surface area contributed by atoms with E-state index in [1.807, 2.05) is 6.92 Å². The quantitative estimate of drug-likeness (QED) is 0.516. The predicted octanol–water partition coefficient (Wildman–Crippen LogP) is 0.792. The molecule has 0 aromatic carbocycles. The van der Waals surface area contributed by atoms with Crippen LogP contribution in [-0.4, -0.2) is 50.3 Å². The Morgan fingerprint density at radius 2 is 1.95 bits per heavy atom. The van der Waals surface area contributed by atoms with Crippen molar-refractivity contribution in [2.75, 3.05) is 26.2 Å². The lowest BCUT2D eigenvalue weighted by Gasteiger charge is -2.29. The van der Waals surface area contributed by atoms with Crippen molar-refractivity contribution >= 4 is 5.91 Å². The molecule has 0 bridgehead atoms. The molecule has 1 aliphatic carbocycles. The Balaban J connectivity index is 1.58. The molecule has 0 unspecified atom stereocenters. The number of carbonyl (C=O) groups excluding carboxylic acids is 1. The van der Waals surface area contributed by atoms with Crippen LogP contribution in [0.2, 0.25) is 0 Å². The van der Waals surface area contributed by atoms with Crippen molar-refractivity contribution in [1.29, 1.82) is 0 Å². The Hall–Kier alpha value is -0.650. The number of morpholine rings is 1. The molecule has 0 spiro atoms. The van der Waals surface area contributed by atoms with Gasteiger partial charge in [0.1, 0.15) is 6.04 Å². The Labute approximate surface area is 122 Å². The smallest absolute Gasteiger partial charge is 0.239 e. The molecule has 1 aliphatic heterocycles. The SMILES string of the molecule is C[C@H]1OCCN[C@@H]1C(=O)NCCNC1CCCCCC1. The summed E-state index contributed by atoms with van der Waals surface area (Å²) in [5, 5.41) is 9.77. The summed E-state index contributed by atoms with van der Waals surface area (Å²) in [5.41, 5.74) is 0. The molecular weight excluding hydrogens is 254 g/mol. The fourth-order valence-corrected chi connectivity index (χ4v) is 3.08. The van der Waals surface area contributed by atoms with E-state index in [2.05, 4.69) is 16.0 Å². The first-order valence-corrected chi connectivity index (χ1v) is 8.13. The van der Waals surface area contributed by atoms with Gasteiger partial charge in [-0.15, -0.1) is 0 Å². The first kappa shape index (κ1) is 15.7. The zero-order valence-corrected chi connectivity index (χ0v) is 12.6. The predicted molar refractivity (Wildman–Crippen MR) is 79.7 cm³/mol. The molecule has 1 saturated carbocycles. The molecule has 2 fully saturated rings. The van der Waals surface area contributed by atoms with E-state index in [4.69, 9.17) is 4.74 Å². The molecule has 116 valence electrons. The summed E-state index contributed by atoms with van der Waals surface area (Å²) in [4.78, 5) is 12.0. The Kier molecular flexibility index (Phi) is 6.76. The summed E-state index contributed by atoms with van der Waals surface area (Å²) in [6.07, 6.45) is 7.95. The number of nitrogens with one attached hydrogen (secondary N) is 3. The van der Waals surface area contributed by atoms with Gasteiger partial charge in [-0.05, 0) is 19.8 Å². The van der Waals surface area contributed by atoms with Crippen LogP contribution in [-0.2, 0) is 9.53 Å². The van der Waals surface area contributed by atoms with Crippen LogP contribution < -0.4 is 16.0 Å². The minimum absolute atomic E-state index is 0.0430. The van der Waals surface area contributed by atoms with Gasteiger partial charge in [0.05, 0.1) is 12.7 Å². The van der Waals surface area contributed by atoms with Crippen LogP contribution in [0.3, 0.4) is 0 Å². The summed E-state index contributed by atoms with van der Waals surface area (Å²) in [6, 6.07) is 0.436. The van der Waals surface area contributed by atoms with E-state index in [0.29, 0.717) is 19.2 Å². The molecule has 2 atom stereocenters. The molecule has 2 aliphatic rings. The highest BCUT2D eigenvalue weighted by Gasteiger charge is 2.27. The maximum Gasteiger partial charge on any atom is 0.239 e. The standard InChI is InChI=1S/C15H29N3O2/c1-12-14(17-10-11-20-12)15(19)18-9-8-16-13-6-4-2-3-5-7-13/h12-14,16-17H,2-11H2,1H3,(H,18,19)/t12-,14+/m1/s1. The van der Waals surface area contributed by atoms with Crippen molar-refractivity contribution in [1.82, 2.24) is 16.0 Å². The van der Waals surface area contributed by atoms with Crippen molar-refractivity contribution in [2.45, 2.75) is 63.6 Å². The molecule has 20 heavy (non-hydrogen) atoms. The van der Waals surface area contributed by atoms with Gasteiger partial charge in [-0.2, -0.15) is 0 Å². The molecule has 0 aromatic rings. The normalized spacial score (nSPS) is 28.9. The summed E-state index contributed by atoms with van der Waals surface area (Å²) in [6.45, 7) is 4.94. The molecular formula is C15H29N3O2. The molecule has 0 radical (unpaired) electrons. The number of amides is 1. The van der Waals surface area contributed by atoms with Crippen LogP contribution in [0.5, 0.6) is 0 Å². The lowest BCUT2D eigenvalue weighted by Crippen LogP contribution is -2.56. The van der Waals surface area contributed by atoms with Crippen LogP contribution in [0.15, 0.2) is 0 Å². The fraction of sp³-hybridized carbons (Fsp3) is 0.933. The van der Waals surface area contributed by atoms with Gasteiger partial charge in [-0.25, -0.2) is 0 Å². The zero-order chi connectivity index (χ0) is 14.2. The van der Waals surface area contributed by atoms with Crippen LogP contribution >= 0.6 is 0 Å². The second kappa shape index (κ2) is 8.60. The largest absolute Gasteiger partial charge is 0.375 e. The average molecular weight is 283 g/mol. The highest BCUT2D eigenvalue weighted by molar-refractivity contribution is 5.82. The van der Waals surface area contributed by atoms with E-state index in [1.165, 1.54) is 38.5 Å². The molecule has 1 heterocycles. The van der Waals surface area contributed by atoms with Crippen molar-refractivity contribution in [2.24, 2.45) is 0 Å². The van der Waals surface area contributed by atoms with Crippen LogP contribution in [0, 0.1) is 0 Å². The van der Waals surface area contributed by atoms with Gasteiger partial charge in [0, 0.05) is 25.7 Å². The zero-order valence-electron chi connectivity index (χ0n) is 12.6. The summed E-state index contributed by atoms with van der Waals surface area (Å²) < 4.78 is 5.49. The van der Waals surface area contributed by atoms with Crippen LogP contribution in [0.1, 0.15) is 45.4 Å². The molecule has 1 saturated heterocycles. The highest BCUT2D eigenvalue weighted by Crippen LogP contribution is 2.16. The van der Waals surface area contributed by atoms with Crippen LogP contribution in [0.4, 0.5) is 0 Å². The van der Waals surface area contributed by atoms with Gasteiger partial charge in [0.2, 0.25) is 5.91 Å². The van der Waals surface area contributed by atoms with Gasteiger partial charge in [0.25, 0.3) is 0 Å². The lowest BCUT2D eigenvalue weighted by atomic mass is 10.1. The van der Waals surface area contributed by atoms with E-state index in [-0.39, 0.29) is 18.1 Å². The third-order valence-electron chi connectivity index (χ3n) is 4.31. The van der Waals surface area contributed by atoms with Gasteiger partial charge in [-0.1, -0.05) is 25.7 Å². The molecule has 3 N–H and O–H groups in total. The van der Waals surface area contributed by atoms with Crippen molar-refractivity contribution in [3.05, 3.63) is 0 Å². The second-order valence-electron chi connectivity index (χ2n) is 5.94. The van der Waals surface area contributed by atoms with E-state index in [9.17, 15) is 4.79 Å². The van der Waals surface area contributed by atoms with E-state index in [1.54, 1.807) is 0 Å². The van der Waals surface area contributed by atoms with Gasteiger partial charge < -0.3 is 20.7 Å². The lowest BCUT2D eigenvalue weighted by molar-refractivity contribution is -0.128. The Bertz CT molecular complexity index is 291. The third kappa shape index (κ3) is 5.04. The number of hydrogen-bond acceptors (Lipinski definition) is 4. The van der Waals surface area contributed by atoms with Crippen molar-refractivity contribution in [3.63, 3.8) is 0 Å². The van der Waals surface area contributed by atoms with E-state index >= 15 is 0 Å². The molecule has 5 heteroatoms. The number of hydrogen-bond donors (Lipinski definition) is 3. The molecule has 0 aromatic heterocycles. The van der Waals surface area contributed by atoms with E-state index < -0.39 is 0 Å². The third-order valence-corrected chi connectivity index (χ3v) is 4.31. The molecule has 5 nitrogen and oxygen atoms in total. The van der Waals surface area contributed by atoms with Gasteiger partial charge >= 0.3 is 0 Å². The van der Waals surface area contributed by atoms with Crippen molar-refractivity contribution < 1.29 is 9.53 Å². The topological polar surface area (TPSA) is 62.4 Å². The summed E-state index contributed by atoms with van der Waals surface area (Å²) in [5.74, 6) is 0.0554. The molecule has 2 rings (SSSR count). The average Bonchev–Trinajstić information content (AvgIpc) is 2.72. The minimum atomic E-state index is -0.207. The van der Waals surface area contributed by atoms with Gasteiger partial charge in [-0.3, -0.25) is 4.79 Å². The number of rotatable bonds is 5. The first-order chi connectivity index (χ1) is 9.77. The Morgan fingerprint density at radius 1 is 1.20 bits per heavy atom. The van der Waals surface area contributed by atoms with Crippen molar-refractivity contribution in [3.8, 4) is 0 Å². The summed E-state index contributed by atoms with van der Waals surface area (Å²) in [7, 11) is 0. The second-order valence-corrected chi connectivity index (χ2v) is 5.94. The minimum Gasteiger partial charge on any atom is -0.375 e. The number of carbonyl (C=O) groups is 1. The summed E-state index contributed by atoms with van der Waals surface area (Å²) >= 11 is 0. The molecule has 1 amide bonds. The van der Waals surface area contributed by atoms with Crippen LogP contribution in [0.25, 0.3) is 0 Å². The maximum absolute atomic E-state index is 12.0. The highest BCUT2D eigenvalue weighted by atomic mass is 16.5. The Morgan fingerprint density at radius 3 is 2.65 bits per heavy atom.